The Hall–Kier alpha value is -2.11. The molecule has 1 aliphatic rings. The summed E-state index contributed by atoms with van der Waals surface area (Å²) in [6, 6.07) is 3.72. The van der Waals surface area contributed by atoms with Gasteiger partial charge in [-0.05, 0) is 43.4 Å². The number of amides is 1. The molecule has 1 atom stereocenters. The molecule has 1 fully saturated rings. The molecule has 1 unspecified atom stereocenters. The molecule has 0 radical (unpaired) electrons. The largest absolute Gasteiger partial charge is 0.467 e. The summed E-state index contributed by atoms with van der Waals surface area (Å²) in [5, 5.41) is 2.64. The average Bonchev–Trinajstić information content (AvgIpc) is 3.07. The zero-order valence-electron chi connectivity index (χ0n) is 14.5. The van der Waals surface area contributed by atoms with Gasteiger partial charge in [-0.1, -0.05) is 13.8 Å². The zero-order valence-corrected chi connectivity index (χ0v) is 14.5. The minimum absolute atomic E-state index is 0.202. The summed E-state index contributed by atoms with van der Waals surface area (Å²) in [5.41, 5.74) is 0.726. The van der Waals surface area contributed by atoms with Gasteiger partial charge >= 0.3 is 5.97 Å². The molecule has 1 N–H and O–H groups in total. The number of halogens is 1. The second-order valence-corrected chi connectivity index (χ2v) is 6.54. The fourth-order valence-corrected chi connectivity index (χ4v) is 2.93. The van der Waals surface area contributed by atoms with Crippen LogP contribution in [0, 0.1) is 11.7 Å². The lowest BCUT2D eigenvalue weighted by Gasteiger charge is -2.20. The van der Waals surface area contributed by atoms with Crippen molar-refractivity contribution >= 4 is 17.6 Å². The molecular formula is C18H25FN2O3. The predicted molar refractivity (Wildman–Crippen MR) is 90.6 cm³/mol. The number of hydrogen-bond acceptors (Lipinski definition) is 4. The summed E-state index contributed by atoms with van der Waals surface area (Å²) in [6.07, 6.45) is 2.57. The maximum Gasteiger partial charge on any atom is 0.328 e. The average molecular weight is 336 g/mol. The molecular weight excluding hydrogens is 311 g/mol. The number of carbonyl (C=O) groups excluding carboxylic acids is 2. The number of rotatable bonds is 6. The van der Waals surface area contributed by atoms with Crippen LogP contribution in [0.2, 0.25) is 0 Å². The smallest absolute Gasteiger partial charge is 0.328 e. The van der Waals surface area contributed by atoms with Crippen molar-refractivity contribution in [2.45, 2.75) is 39.2 Å². The van der Waals surface area contributed by atoms with E-state index in [4.69, 9.17) is 4.74 Å². The van der Waals surface area contributed by atoms with Crippen LogP contribution in [0.3, 0.4) is 0 Å². The van der Waals surface area contributed by atoms with Gasteiger partial charge in [-0.25, -0.2) is 9.18 Å². The highest BCUT2D eigenvalue weighted by atomic mass is 19.1. The molecule has 1 saturated heterocycles. The Labute approximate surface area is 142 Å². The Morgan fingerprint density at radius 3 is 2.50 bits per heavy atom. The van der Waals surface area contributed by atoms with E-state index in [1.807, 2.05) is 18.7 Å². The second kappa shape index (κ2) is 8.13. The Morgan fingerprint density at radius 2 is 1.96 bits per heavy atom. The topological polar surface area (TPSA) is 58.6 Å². The van der Waals surface area contributed by atoms with E-state index in [1.54, 1.807) is 12.1 Å². The van der Waals surface area contributed by atoms with Crippen molar-refractivity contribution in [3.05, 3.63) is 29.6 Å². The molecule has 0 spiro atoms. The minimum atomic E-state index is -0.733. The van der Waals surface area contributed by atoms with Crippen LogP contribution in [0.5, 0.6) is 0 Å². The van der Waals surface area contributed by atoms with E-state index in [1.165, 1.54) is 13.2 Å². The normalized spacial score (nSPS) is 15.5. The number of nitrogens with one attached hydrogen (secondary N) is 1. The number of nitrogens with zero attached hydrogens (tertiary/aromatic N) is 1. The third-order valence-electron chi connectivity index (χ3n) is 4.15. The number of carbonyl (C=O) groups is 2. The van der Waals surface area contributed by atoms with Crippen LogP contribution in [0.15, 0.2) is 18.2 Å². The van der Waals surface area contributed by atoms with Crippen molar-refractivity contribution in [1.82, 2.24) is 5.32 Å². The monoisotopic (exact) mass is 336 g/mol. The maximum absolute atomic E-state index is 14.3. The number of ether oxygens (including phenoxy) is 1. The molecule has 1 amide bonds. The summed E-state index contributed by atoms with van der Waals surface area (Å²) in [5.74, 6) is -1.17. The number of anilines is 1. The Bertz CT molecular complexity index is 598. The molecule has 6 heteroatoms. The first-order chi connectivity index (χ1) is 11.4. The zero-order chi connectivity index (χ0) is 17.7. The summed E-state index contributed by atoms with van der Waals surface area (Å²) in [7, 11) is 1.28. The van der Waals surface area contributed by atoms with Gasteiger partial charge in [0.05, 0.1) is 12.8 Å². The molecule has 24 heavy (non-hydrogen) atoms. The van der Waals surface area contributed by atoms with Crippen molar-refractivity contribution in [2.75, 3.05) is 25.1 Å². The molecule has 132 valence electrons. The van der Waals surface area contributed by atoms with E-state index in [0.29, 0.717) is 12.1 Å². The van der Waals surface area contributed by atoms with Crippen molar-refractivity contribution < 1.29 is 18.7 Å². The summed E-state index contributed by atoms with van der Waals surface area (Å²) in [4.78, 5) is 26.1. The van der Waals surface area contributed by atoms with E-state index in [9.17, 15) is 14.0 Å². The van der Waals surface area contributed by atoms with Crippen molar-refractivity contribution in [3.63, 3.8) is 0 Å². The molecule has 0 saturated carbocycles. The van der Waals surface area contributed by atoms with Crippen molar-refractivity contribution in [3.8, 4) is 0 Å². The van der Waals surface area contributed by atoms with E-state index >= 15 is 0 Å². The van der Waals surface area contributed by atoms with Gasteiger partial charge in [0, 0.05) is 18.7 Å². The first-order valence-electron chi connectivity index (χ1n) is 8.35. The molecule has 1 aromatic carbocycles. The summed E-state index contributed by atoms with van der Waals surface area (Å²) >= 11 is 0. The molecule has 0 bridgehead atoms. The Kier molecular flexibility index (Phi) is 6.17. The van der Waals surface area contributed by atoms with Gasteiger partial charge < -0.3 is 15.0 Å². The molecule has 1 heterocycles. The number of hydrogen-bond donors (Lipinski definition) is 1. The third-order valence-corrected chi connectivity index (χ3v) is 4.15. The Morgan fingerprint density at radius 1 is 1.29 bits per heavy atom. The third kappa shape index (κ3) is 4.46. The lowest BCUT2D eigenvalue weighted by atomic mass is 10.0. The van der Waals surface area contributed by atoms with Crippen LogP contribution in [0.25, 0.3) is 0 Å². The van der Waals surface area contributed by atoms with Crippen molar-refractivity contribution in [2.24, 2.45) is 5.92 Å². The molecule has 0 aromatic heterocycles. The van der Waals surface area contributed by atoms with Crippen LogP contribution in [0.1, 0.15) is 43.5 Å². The van der Waals surface area contributed by atoms with E-state index in [-0.39, 0.29) is 11.5 Å². The standard InChI is InChI=1S/C18H25FN2O3/c1-12(2)10-15(18(23)24-3)20-17(22)13-6-7-16(14(19)11-13)21-8-4-5-9-21/h6-7,11-12,15H,4-5,8-10H2,1-3H3,(H,20,22). The fourth-order valence-electron chi connectivity index (χ4n) is 2.93. The maximum atomic E-state index is 14.3. The summed E-state index contributed by atoms with van der Waals surface area (Å²) in [6.45, 7) is 5.57. The number of methoxy groups -OCH3 is 1. The predicted octanol–water partition coefficient (Wildman–Crippen LogP) is 2.74. The van der Waals surface area contributed by atoms with E-state index in [2.05, 4.69) is 5.32 Å². The lowest BCUT2D eigenvalue weighted by molar-refractivity contribution is -0.143. The van der Waals surface area contributed by atoms with Gasteiger partial charge in [-0.2, -0.15) is 0 Å². The fraction of sp³-hybridized carbons (Fsp3) is 0.556. The van der Waals surface area contributed by atoms with Crippen molar-refractivity contribution in [1.29, 1.82) is 0 Å². The highest BCUT2D eigenvalue weighted by Gasteiger charge is 2.24. The first kappa shape index (κ1) is 18.2. The van der Waals surface area contributed by atoms with Crippen LogP contribution in [0.4, 0.5) is 10.1 Å². The second-order valence-electron chi connectivity index (χ2n) is 6.54. The van der Waals surface area contributed by atoms with Gasteiger partial charge in [0.15, 0.2) is 0 Å². The molecule has 0 aliphatic carbocycles. The van der Waals surface area contributed by atoms with Gasteiger partial charge in [0.1, 0.15) is 11.9 Å². The van der Waals surface area contributed by atoms with E-state index in [0.717, 1.165) is 25.9 Å². The molecule has 2 rings (SSSR count). The van der Waals surface area contributed by atoms with E-state index < -0.39 is 23.7 Å². The van der Waals surface area contributed by atoms with Crippen LogP contribution in [-0.2, 0) is 9.53 Å². The molecule has 1 aromatic rings. The summed E-state index contributed by atoms with van der Waals surface area (Å²) < 4.78 is 19.0. The number of benzene rings is 1. The highest BCUT2D eigenvalue weighted by molar-refractivity contribution is 5.97. The quantitative estimate of drug-likeness (QED) is 0.812. The van der Waals surface area contributed by atoms with Gasteiger partial charge in [-0.3, -0.25) is 4.79 Å². The first-order valence-corrected chi connectivity index (χ1v) is 8.35. The molecule has 5 nitrogen and oxygen atoms in total. The Balaban J connectivity index is 2.10. The molecule has 1 aliphatic heterocycles. The van der Waals surface area contributed by atoms with Gasteiger partial charge in [-0.15, -0.1) is 0 Å². The SMILES string of the molecule is COC(=O)C(CC(C)C)NC(=O)c1ccc(N2CCCC2)c(F)c1. The van der Waals surface area contributed by atoms with Gasteiger partial charge in [0.2, 0.25) is 0 Å². The minimum Gasteiger partial charge on any atom is -0.467 e. The van der Waals surface area contributed by atoms with Crippen LogP contribution in [-0.4, -0.2) is 38.1 Å². The van der Waals surface area contributed by atoms with Crippen LogP contribution < -0.4 is 10.2 Å². The number of esters is 1. The lowest BCUT2D eigenvalue weighted by Crippen LogP contribution is -2.42. The van der Waals surface area contributed by atoms with Crippen LogP contribution >= 0.6 is 0 Å². The highest BCUT2D eigenvalue weighted by Crippen LogP contribution is 2.24. The van der Waals surface area contributed by atoms with Gasteiger partial charge in [0.25, 0.3) is 5.91 Å².